The fourth-order valence-electron chi connectivity index (χ4n) is 2.85. The average molecular weight is 371 g/mol. The molecule has 1 aliphatic carbocycles. The SMILES string of the molecule is C[C@@H]1[C@@H](C)CCC[C@H]1NC(=O)[C@H](C)OC(=O)c1cc(Br)c[nH]1. The summed E-state index contributed by atoms with van der Waals surface area (Å²) in [4.78, 5) is 26.9. The standard InChI is InChI=1S/C16H23BrN2O3/c1-9-5-4-6-13(10(9)2)19-15(20)11(3)22-16(21)14-7-12(17)8-18-14/h7-11,13,18H,4-6H2,1-3H3,(H,19,20)/t9-,10+,11-,13+/m0/s1. The lowest BCUT2D eigenvalue weighted by atomic mass is 9.78. The molecule has 4 atom stereocenters. The predicted molar refractivity (Wildman–Crippen MR) is 87.5 cm³/mol. The maximum Gasteiger partial charge on any atom is 0.355 e. The van der Waals surface area contributed by atoms with Gasteiger partial charge in [-0.15, -0.1) is 0 Å². The number of carbonyl (C=O) groups excluding carboxylic acids is 2. The highest BCUT2D eigenvalue weighted by atomic mass is 79.9. The van der Waals surface area contributed by atoms with Crippen LogP contribution in [0, 0.1) is 11.8 Å². The van der Waals surface area contributed by atoms with E-state index in [0.29, 0.717) is 17.5 Å². The van der Waals surface area contributed by atoms with Crippen molar-refractivity contribution in [1.29, 1.82) is 0 Å². The number of hydrogen-bond acceptors (Lipinski definition) is 3. The second kappa shape index (κ2) is 7.31. The number of H-pyrrole nitrogens is 1. The number of carbonyl (C=O) groups is 2. The van der Waals surface area contributed by atoms with Crippen LogP contribution in [0.15, 0.2) is 16.7 Å². The van der Waals surface area contributed by atoms with E-state index in [2.05, 4.69) is 40.1 Å². The van der Waals surface area contributed by atoms with Crippen molar-refractivity contribution in [2.45, 2.75) is 52.2 Å². The summed E-state index contributed by atoms with van der Waals surface area (Å²) in [7, 11) is 0. The summed E-state index contributed by atoms with van der Waals surface area (Å²) in [5, 5.41) is 3.03. The highest BCUT2D eigenvalue weighted by Crippen LogP contribution is 2.29. The van der Waals surface area contributed by atoms with Crippen LogP contribution in [-0.2, 0) is 9.53 Å². The molecule has 0 aliphatic heterocycles. The number of ether oxygens (including phenoxy) is 1. The molecule has 0 radical (unpaired) electrons. The molecule has 1 aromatic rings. The van der Waals surface area contributed by atoms with Crippen molar-refractivity contribution in [1.82, 2.24) is 10.3 Å². The summed E-state index contributed by atoms with van der Waals surface area (Å²) in [6, 6.07) is 1.79. The third-order valence-electron chi connectivity index (χ3n) is 4.56. The summed E-state index contributed by atoms with van der Waals surface area (Å²) in [6.07, 6.45) is 4.16. The van der Waals surface area contributed by atoms with Crippen molar-refractivity contribution in [3.63, 3.8) is 0 Å². The van der Waals surface area contributed by atoms with Crippen molar-refractivity contribution in [2.24, 2.45) is 11.8 Å². The van der Waals surface area contributed by atoms with Gasteiger partial charge in [-0.3, -0.25) is 4.79 Å². The van der Waals surface area contributed by atoms with Gasteiger partial charge in [-0.1, -0.05) is 26.7 Å². The van der Waals surface area contributed by atoms with Crippen molar-refractivity contribution >= 4 is 27.8 Å². The van der Waals surface area contributed by atoms with Gasteiger partial charge >= 0.3 is 5.97 Å². The van der Waals surface area contributed by atoms with Crippen LogP contribution in [0.1, 0.15) is 50.5 Å². The molecule has 0 spiro atoms. The zero-order chi connectivity index (χ0) is 16.3. The van der Waals surface area contributed by atoms with E-state index in [9.17, 15) is 9.59 Å². The molecule has 1 aliphatic rings. The molecule has 6 heteroatoms. The van der Waals surface area contributed by atoms with Crippen molar-refractivity contribution in [3.8, 4) is 0 Å². The van der Waals surface area contributed by atoms with Crippen LogP contribution in [0.2, 0.25) is 0 Å². The monoisotopic (exact) mass is 370 g/mol. The summed E-state index contributed by atoms with van der Waals surface area (Å²) in [6.45, 7) is 5.99. The summed E-state index contributed by atoms with van der Waals surface area (Å²) in [5.41, 5.74) is 0.325. The van der Waals surface area contributed by atoms with E-state index in [-0.39, 0.29) is 11.9 Å². The molecule has 122 valence electrons. The van der Waals surface area contributed by atoms with Crippen molar-refractivity contribution in [3.05, 3.63) is 22.4 Å². The van der Waals surface area contributed by atoms with Crippen LogP contribution in [-0.4, -0.2) is 29.0 Å². The van der Waals surface area contributed by atoms with Gasteiger partial charge in [-0.05, 0) is 47.2 Å². The fraction of sp³-hybridized carbons (Fsp3) is 0.625. The molecule has 0 unspecified atom stereocenters. The van der Waals surface area contributed by atoms with Crippen LogP contribution in [0.25, 0.3) is 0 Å². The lowest BCUT2D eigenvalue weighted by Gasteiger charge is -2.35. The second-order valence-electron chi connectivity index (χ2n) is 6.16. The molecule has 1 saturated carbocycles. The maximum atomic E-state index is 12.2. The van der Waals surface area contributed by atoms with Gasteiger partial charge in [0, 0.05) is 16.7 Å². The molecule has 1 aromatic heterocycles. The van der Waals surface area contributed by atoms with Crippen molar-refractivity contribution < 1.29 is 14.3 Å². The highest BCUT2D eigenvalue weighted by molar-refractivity contribution is 9.10. The van der Waals surface area contributed by atoms with E-state index in [1.807, 2.05) is 0 Å². The molecule has 0 aromatic carbocycles. The van der Waals surface area contributed by atoms with Crippen LogP contribution >= 0.6 is 15.9 Å². The minimum absolute atomic E-state index is 0.164. The summed E-state index contributed by atoms with van der Waals surface area (Å²) < 4.78 is 5.98. The minimum atomic E-state index is -0.806. The number of hydrogen-bond donors (Lipinski definition) is 2. The Morgan fingerprint density at radius 1 is 1.41 bits per heavy atom. The summed E-state index contributed by atoms with van der Waals surface area (Å²) >= 11 is 3.26. The maximum absolute atomic E-state index is 12.2. The average Bonchev–Trinajstić information content (AvgIpc) is 2.90. The zero-order valence-corrected chi connectivity index (χ0v) is 14.8. The van der Waals surface area contributed by atoms with Gasteiger partial charge in [-0.25, -0.2) is 4.79 Å². The van der Waals surface area contributed by atoms with E-state index in [0.717, 1.165) is 17.3 Å². The molecule has 0 bridgehead atoms. The Balaban J connectivity index is 1.88. The van der Waals surface area contributed by atoms with Gasteiger partial charge in [0.15, 0.2) is 6.10 Å². The molecule has 5 nitrogen and oxygen atoms in total. The minimum Gasteiger partial charge on any atom is -0.448 e. The predicted octanol–water partition coefficient (Wildman–Crippen LogP) is 3.26. The molecule has 1 amide bonds. The molecular formula is C16H23BrN2O3. The highest BCUT2D eigenvalue weighted by Gasteiger charge is 2.30. The number of nitrogens with one attached hydrogen (secondary N) is 2. The Bertz CT molecular complexity index is 543. The normalized spacial score (nSPS) is 26.3. The number of aromatic amines is 1. The Morgan fingerprint density at radius 3 is 2.77 bits per heavy atom. The largest absolute Gasteiger partial charge is 0.448 e. The molecule has 1 fully saturated rings. The molecule has 2 N–H and O–H groups in total. The number of halogens is 1. The molecule has 1 heterocycles. The van der Waals surface area contributed by atoms with Crippen LogP contribution in [0.3, 0.4) is 0 Å². The topological polar surface area (TPSA) is 71.2 Å². The molecule has 22 heavy (non-hydrogen) atoms. The number of amides is 1. The fourth-order valence-corrected chi connectivity index (χ4v) is 3.19. The molecule has 2 rings (SSSR count). The van der Waals surface area contributed by atoms with Crippen molar-refractivity contribution in [2.75, 3.05) is 0 Å². The van der Waals surface area contributed by atoms with Gasteiger partial charge in [0.2, 0.25) is 0 Å². The smallest absolute Gasteiger partial charge is 0.355 e. The van der Waals surface area contributed by atoms with Gasteiger partial charge < -0.3 is 15.0 Å². The first kappa shape index (κ1) is 17.1. The first-order valence-corrected chi connectivity index (χ1v) is 8.53. The molecular weight excluding hydrogens is 348 g/mol. The second-order valence-corrected chi connectivity index (χ2v) is 7.08. The van der Waals surface area contributed by atoms with Gasteiger partial charge in [-0.2, -0.15) is 0 Å². The van der Waals surface area contributed by atoms with Crippen LogP contribution in [0.4, 0.5) is 0 Å². The first-order chi connectivity index (χ1) is 10.4. The number of aromatic nitrogens is 1. The lowest BCUT2D eigenvalue weighted by molar-refractivity contribution is -0.130. The third-order valence-corrected chi connectivity index (χ3v) is 5.01. The summed E-state index contributed by atoms with van der Waals surface area (Å²) in [5.74, 6) is 0.288. The Hall–Kier alpha value is -1.30. The van der Waals surface area contributed by atoms with E-state index in [1.165, 1.54) is 6.42 Å². The van der Waals surface area contributed by atoms with E-state index in [1.54, 1.807) is 19.2 Å². The van der Waals surface area contributed by atoms with Crippen LogP contribution in [0.5, 0.6) is 0 Å². The molecule has 0 saturated heterocycles. The Morgan fingerprint density at radius 2 is 2.14 bits per heavy atom. The number of esters is 1. The first-order valence-electron chi connectivity index (χ1n) is 7.73. The van der Waals surface area contributed by atoms with Crippen LogP contribution < -0.4 is 5.32 Å². The van der Waals surface area contributed by atoms with Gasteiger partial charge in [0.05, 0.1) is 0 Å². The number of rotatable bonds is 4. The van der Waals surface area contributed by atoms with E-state index < -0.39 is 12.1 Å². The van der Waals surface area contributed by atoms with Gasteiger partial charge in [0.1, 0.15) is 5.69 Å². The lowest BCUT2D eigenvalue weighted by Crippen LogP contribution is -2.47. The van der Waals surface area contributed by atoms with E-state index in [4.69, 9.17) is 4.74 Å². The zero-order valence-electron chi connectivity index (χ0n) is 13.2. The third kappa shape index (κ3) is 4.12. The van der Waals surface area contributed by atoms with Gasteiger partial charge in [0.25, 0.3) is 5.91 Å². The Labute approximate surface area is 139 Å². The van der Waals surface area contributed by atoms with E-state index >= 15 is 0 Å². The quantitative estimate of drug-likeness (QED) is 0.798. The Kier molecular flexibility index (Phi) is 5.67.